The zero-order valence-corrected chi connectivity index (χ0v) is 20.4. The van der Waals surface area contributed by atoms with Crippen LogP contribution in [0.15, 0.2) is 54.3 Å². The first-order chi connectivity index (χ1) is 16.4. The van der Waals surface area contributed by atoms with Gasteiger partial charge in [0, 0.05) is 23.1 Å². The molecule has 7 heteroatoms. The molecular formula is C27H23Cl2NO4. The van der Waals surface area contributed by atoms with Crippen LogP contribution in [-0.4, -0.2) is 31.1 Å². The molecular weight excluding hydrogens is 473 g/mol. The minimum Gasteiger partial charge on any atom is -0.496 e. The predicted molar refractivity (Wildman–Crippen MR) is 133 cm³/mol. The summed E-state index contributed by atoms with van der Waals surface area (Å²) < 4.78 is 17.7. The highest BCUT2D eigenvalue weighted by Gasteiger charge is 2.35. The lowest BCUT2D eigenvalue weighted by molar-refractivity contribution is 0.0947. The molecule has 0 aromatic heterocycles. The number of ether oxygens (including phenoxy) is 3. The Labute approximate surface area is 208 Å². The molecule has 0 saturated heterocycles. The number of para-hydroxylation sites is 1. The molecule has 2 aliphatic rings. The molecule has 0 radical (unpaired) electrons. The highest BCUT2D eigenvalue weighted by atomic mass is 35.5. The lowest BCUT2D eigenvalue weighted by Gasteiger charge is -2.30. The van der Waals surface area contributed by atoms with Gasteiger partial charge >= 0.3 is 0 Å². The molecule has 5 nitrogen and oxygen atoms in total. The van der Waals surface area contributed by atoms with Gasteiger partial charge in [-0.25, -0.2) is 0 Å². The van der Waals surface area contributed by atoms with E-state index in [1.165, 1.54) is 0 Å². The van der Waals surface area contributed by atoms with E-state index in [1.807, 2.05) is 31.2 Å². The summed E-state index contributed by atoms with van der Waals surface area (Å²) in [4.78, 5) is 15.4. The molecule has 0 atom stereocenters. The number of ketones is 1. The molecule has 2 heterocycles. The van der Waals surface area contributed by atoms with Gasteiger partial charge in [-0.2, -0.15) is 0 Å². The van der Waals surface area contributed by atoms with Crippen LogP contribution in [0.1, 0.15) is 32.6 Å². The largest absolute Gasteiger partial charge is 0.496 e. The third-order valence-electron chi connectivity index (χ3n) is 6.13. The maximum atomic E-state index is 13.2. The summed E-state index contributed by atoms with van der Waals surface area (Å²) in [6.07, 6.45) is 2.48. The molecule has 5 rings (SSSR count). The highest BCUT2D eigenvalue weighted by molar-refractivity contribution is 6.35. The molecule has 0 fully saturated rings. The van der Waals surface area contributed by atoms with E-state index >= 15 is 0 Å². The zero-order chi connectivity index (χ0) is 23.8. The number of aryl methyl sites for hydroxylation is 1. The number of hydrogen-bond acceptors (Lipinski definition) is 5. The number of benzene rings is 3. The monoisotopic (exact) mass is 495 g/mol. The van der Waals surface area contributed by atoms with Gasteiger partial charge in [-0.15, -0.1) is 0 Å². The first-order valence-electron chi connectivity index (χ1n) is 11.0. The molecule has 2 aliphatic heterocycles. The van der Waals surface area contributed by atoms with Crippen LogP contribution >= 0.6 is 23.2 Å². The van der Waals surface area contributed by atoms with E-state index in [0.29, 0.717) is 40.2 Å². The van der Waals surface area contributed by atoms with Crippen LogP contribution in [0.25, 0.3) is 6.08 Å². The molecule has 0 amide bonds. The molecule has 0 N–H and O–H groups in total. The summed E-state index contributed by atoms with van der Waals surface area (Å²) in [7, 11) is 1.68. The average molecular weight is 496 g/mol. The van der Waals surface area contributed by atoms with Gasteiger partial charge in [0.15, 0.2) is 5.76 Å². The number of carbonyl (C=O) groups is 1. The number of carbonyl (C=O) groups excluding carboxylic acids is 1. The second-order valence-corrected chi connectivity index (χ2v) is 9.21. The smallest absolute Gasteiger partial charge is 0.232 e. The lowest BCUT2D eigenvalue weighted by Crippen LogP contribution is -2.34. The van der Waals surface area contributed by atoms with Crippen molar-refractivity contribution in [1.29, 1.82) is 0 Å². The Morgan fingerprint density at radius 2 is 1.97 bits per heavy atom. The van der Waals surface area contributed by atoms with E-state index in [1.54, 1.807) is 31.4 Å². The third-order valence-corrected chi connectivity index (χ3v) is 6.69. The minimum atomic E-state index is -0.160. The Balaban J connectivity index is 1.41. The van der Waals surface area contributed by atoms with Crippen molar-refractivity contribution in [1.82, 2.24) is 4.90 Å². The van der Waals surface area contributed by atoms with Crippen molar-refractivity contribution in [2.24, 2.45) is 0 Å². The van der Waals surface area contributed by atoms with Gasteiger partial charge in [-0.1, -0.05) is 47.5 Å². The maximum absolute atomic E-state index is 13.2. The van der Waals surface area contributed by atoms with E-state index in [4.69, 9.17) is 37.4 Å². The van der Waals surface area contributed by atoms with Crippen molar-refractivity contribution in [2.45, 2.75) is 19.9 Å². The van der Waals surface area contributed by atoms with Crippen molar-refractivity contribution in [2.75, 3.05) is 20.4 Å². The van der Waals surface area contributed by atoms with Gasteiger partial charge in [0.1, 0.15) is 24.0 Å². The van der Waals surface area contributed by atoms with Crippen LogP contribution in [-0.2, 0) is 13.0 Å². The van der Waals surface area contributed by atoms with Crippen molar-refractivity contribution >= 4 is 35.1 Å². The maximum Gasteiger partial charge on any atom is 0.232 e. The van der Waals surface area contributed by atoms with Gasteiger partial charge in [-0.3, -0.25) is 9.69 Å². The van der Waals surface area contributed by atoms with Crippen molar-refractivity contribution < 1.29 is 19.0 Å². The summed E-state index contributed by atoms with van der Waals surface area (Å²) in [5, 5.41) is 0.987. The summed E-state index contributed by atoms with van der Waals surface area (Å²) >= 11 is 12.3. The van der Waals surface area contributed by atoms with Gasteiger partial charge in [0.25, 0.3) is 0 Å². The molecule has 34 heavy (non-hydrogen) atoms. The normalized spacial score (nSPS) is 16.1. The van der Waals surface area contributed by atoms with Crippen molar-refractivity contribution in [3.8, 4) is 17.2 Å². The highest BCUT2D eigenvalue weighted by Crippen LogP contribution is 2.44. The second-order valence-electron chi connectivity index (χ2n) is 8.37. The summed E-state index contributed by atoms with van der Waals surface area (Å²) in [5.41, 5.74) is 4.09. The van der Waals surface area contributed by atoms with Gasteiger partial charge < -0.3 is 14.2 Å². The number of Topliss-reactive ketones (excluding diaryl/α,β-unsaturated/α-hetero) is 1. The van der Waals surface area contributed by atoms with E-state index in [-0.39, 0.29) is 11.5 Å². The number of halogens is 2. The Bertz CT molecular complexity index is 1320. The topological polar surface area (TPSA) is 48.0 Å². The Hall–Kier alpha value is -2.99. The average Bonchev–Trinajstić information content (AvgIpc) is 3.16. The molecule has 3 aromatic rings. The number of methoxy groups -OCH3 is 1. The molecule has 0 aliphatic carbocycles. The van der Waals surface area contributed by atoms with Crippen LogP contribution in [0, 0.1) is 6.92 Å². The summed E-state index contributed by atoms with van der Waals surface area (Å²) in [6.45, 7) is 3.77. The van der Waals surface area contributed by atoms with Gasteiger partial charge in [0.05, 0.1) is 18.2 Å². The van der Waals surface area contributed by atoms with E-state index in [2.05, 4.69) is 11.0 Å². The van der Waals surface area contributed by atoms with E-state index in [9.17, 15) is 4.79 Å². The van der Waals surface area contributed by atoms with E-state index < -0.39 is 0 Å². The number of fused-ring (bicyclic) bond motifs is 3. The first kappa shape index (κ1) is 22.8. The molecule has 3 aromatic carbocycles. The molecule has 174 valence electrons. The SMILES string of the molecule is COc1ccccc1CCN1COc2cc(C)c3c(c2C1)O/C(=C\c1ccc(Cl)cc1Cl)C3=O. The van der Waals surface area contributed by atoms with Crippen LogP contribution in [0.4, 0.5) is 0 Å². The predicted octanol–water partition coefficient (Wildman–Crippen LogP) is 6.32. The molecule has 0 spiro atoms. The number of nitrogens with zero attached hydrogens (tertiary/aromatic N) is 1. The zero-order valence-electron chi connectivity index (χ0n) is 18.9. The Morgan fingerprint density at radius 3 is 2.76 bits per heavy atom. The second kappa shape index (κ2) is 9.34. The first-order valence-corrected chi connectivity index (χ1v) is 11.7. The molecule has 0 bridgehead atoms. The fourth-order valence-electron chi connectivity index (χ4n) is 4.37. The minimum absolute atomic E-state index is 0.160. The number of allylic oxidation sites excluding steroid dienone is 1. The van der Waals surface area contributed by atoms with Crippen molar-refractivity contribution in [3.05, 3.63) is 92.2 Å². The quantitative estimate of drug-likeness (QED) is 0.387. The Morgan fingerprint density at radius 1 is 1.15 bits per heavy atom. The van der Waals surface area contributed by atoms with Gasteiger partial charge in [-0.05, 0) is 60.4 Å². The number of hydrogen-bond donors (Lipinski definition) is 0. The lowest BCUT2D eigenvalue weighted by atomic mass is 9.98. The van der Waals surface area contributed by atoms with Crippen LogP contribution in [0.2, 0.25) is 10.0 Å². The Kier molecular flexibility index (Phi) is 6.26. The van der Waals surface area contributed by atoms with Crippen LogP contribution in [0.5, 0.6) is 17.2 Å². The fraction of sp³-hybridized carbons (Fsp3) is 0.222. The van der Waals surface area contributed by atoms with Crippen LogP contribution in [0.3, 0.4) is 0 Å². The molecule has 0 unspecified atom stereocenters. The fourth-order valence-corrected chi connectivity index (χ4v) is 4.83. The standard InChI is InChI=1S/C27H23Cl2NO4/c1-16-11-23-20(14-30(15-33-23)10-9-17-5-3-4-6-22(17)32-2)27-25(16)26(31)24(34-27)12-18-7-8-19(28)13-21(18)29/h3-8,11-13H,9-10,14-15H2,1-2H3/b24-12-. The number of rotatable bonds is 5. The van der Waals surface area contributed by atoms with Gasteiger partial charge in [0.2, 0.25) is 5.78 Å². The summed E-state index contributed by atoms with van der Waals surface area (Å²) in [5.74, 6) is 2.28. The third kappa shape index (κ3) is 4.27. The molecule has 0 saturated carbocycles. The summed E-state index contributed by atoms with van der Waals surface area (Å²) in [6, 6.07) is 15.1. The van der Waals surface area contributed by atoms with Crippen molar-refractivity contribution in [3.63, 3.8) is 0 Å². The van der Waals surface area contributed by atoms with Crippen LogP contribution < -0.4 is 14.2 Å². The van der Waals surface area contributed by atoms with E-state index in [0.717, 1.165) is 41.2 Å².